The lowest BCUT2D eigenvalue weighted by Crippen LogP contribution is -2.47. The Balaban J connectivity index is 1.58. The molecular formula is C16H30N2. The molecule has 2 saturated carbocycles. The van der Waals surface area contributed by atoms with Crippen molar-refractivity contribution in [1.29, 1.82) is 0 Å². The van der Waals surface area contributed by atoms with Crippen molar-refractivity contribution in [3.63, 3.8) is 0 Å². The van der Waals surface area contributed by atoms with Gasteiger partial charge < -0.3 is 10.6 Å². The van der Waals surface area contributed by atoms with Crippen LogP contribution in [0.25, 0.3) is 0 Å². The number of hydrogen-bond donors (Lipinski definition) is 2. The Labute approximate surface area is 112 Å². The van der Waals surface area contributed by atoms with Gasteiger partial charge in [-0.2, -0.15) is 0 Å². The van der Waals surface area contributed by atoms with Gasteiger partial charge in [-0.25, -0.2) is 0 Å². The molecule has 0 aromatic carbocycles. The van der Waals surface area contributed by atoms with E-state index >= 15 is 0 Å². The Bertz CT molecular complexity index is 306. The minimum atomic E-state index is 0.541. The van der Waals surface area contributed by atoms with Crippen LogP contribution in [-0.4, -0.2) is 25.7 Å². The van der Waals surface area contributed by atoms with Crippen LogP contribution in [0, 0.1) is 22.7 Å². The summed E-state index contributed by atoms with van der Waals surface area (Å²) in [5.74, 6) is 1.83. The fourth-order valence-corrected chi connectivity index (χ4v) is 4.92. The van der Waals surface area contributed by atoms with Gasteiger partial charge in [-0.1, -0.05) is 20.8 Å². The van der Waals surface area contributed by atoms with E-state index in [9.17, 15) is 0 Å². The summed E-state index contributed by atoms with van der Waals surface area (Å²) in [5, 5.41) is 7.47. The predicted molar refractivity (Wildman–Crippen MR) is 76.6 cm³/mol. The van der Waals surface area contributed by atoms with Crippen molar-refractivity contribution < 1.29 is 0 Å². The summed E-state index contributed by atoms with van der Waals surface area (Å²) < 4.78 is 0. The number of piperidine rings is 1. The standard InChI is InChI=1S/C16H30N2/c1-15(2)13-6-7-16(15,3)14(9-13)18-11-12-5-4-8-17-10-12/h12-14,17-18H,4-11H2,1-3H3. The Kier molecular flexibility index (Phi) is 3.22. The van der Waals surface area contributed by atoms with Gasteiger partial charge >= 0.3 is 0 Å². The van der Waals surface area contributed by atoms with Gasteiger partial charge in [0.25, 0.3) is 0 Å². The molecule has 3 aliphatic rings. The zero-order chi connectivity index (χ0) is 12.8. The lowest BCUT2D eigenvalue weighted by molar-refractivity contribution is 0.118. The molecule has 2 nitrogen and oxygen atoms in total. The second kappa shape index (κ2) is 4.49. The van der Waals surface area contributed by atoms with Crippen molar-refractivity contribution in [3.05, 3.63) is 0 Å². The lowest BCUT2D eigenvalue weighted by atomic mass is 9.69. The molecule has 2 N–H and O–H groups in total. The molecule has 1 aliphatic heterocycles. The second-order valence-electron chi connectivity index (χ2n) is 7.78. The van der Waals surface area contributed by atoms with E-state index in [1.54, 1.807) is 0 Å². The molecule has 1 saturated heterocycles. The summed E-state index contributed by atoms with van der Waals surface area (Å²) in [6.45, 7) is 11.2. The molecule has 18 heavy (non-hydrogen) atoms. The highest BCUT2D eigenvalue weighted by molar-refractivity contribution is 5.13. The third kappa shape index (κ3) is 1.84. The summed E-state index contributed by atoms with van der Waals surface area (Å²) in [4.78, 5) is 0. The van der Waals surface area contributed by atoms with Crippen LogP contribution in [0.4, 0.5) is 0 Å². The molecule has 3 fully saturated rings. The van der Waals surface area contributed by atoms with E-state index in [1.165, 1.54) is 51.7 Å². The summed E-state index contributed by atoms with van der Waals surface area (Å²) in [6.07, 6.45) is 7.10. The molecule has 0 amide bonds. The molecule has 0 aromatic heterocycles. The Morgan fingerprint density at radius 2 is 2.06 bits per heavy atom. The zero-order valence-corrected chi connectivity index (χ0v) is 12.4. The highest BCUT2D eigenvalue weighted by Gasteiger charge is 2.60. The summed E-state index contributed by atoms with van der Waals surface area (Å²) in [5.41, 5.74) is 1.09. The fourth-order valence-electron chi connectivity index (χ4n) is 4.92. The minimum absolute atomic E-state index is 0.541. The highest BCUT2D eigenvalue weighted by Crippen LogP contribution is 2.65. The number of fused-ring (bicyclic) bond motifs is 2. The fraction of sp³-hybridized carbons (Fsp3) is 1.00. The maximum atomic E-state index is 3.94. The first-order valence-corrected chi connectivity index (χ1v) is 7.98. The van der Waals surface area contributed by atoms with E-state index in [0.29, 0.717) is 10.8 Å². The van der Waals surface area contributed by atoms with Crippen LogP contribution in [0.15, 0.2) is 0 Å². The van der Waals surface area contributed by atoms with Crippen LogP contribution < -0.4 is 10.6 Å². The van der Waals surface area contributed by atoms with Gasteiger partial charge in [-0.3, -0.25) is 0 Å². The van der Waals surface area contributed by atoms with Crippen LogP contribution in [0.5, 0.6) is 0 Å². The normalized spacial score (nSPS) is 46.5. The van der Waals surface area contributed by atoms with Gasteiger partial charge in [0.1, 0.15) is 0 Å². The van der Waals surface area contributed by atoms with E-state index in [-0.39, 0.29) is 0 Å². The van der Waals surface area contributed by atoms with E-state index in [1.807, 2.05) is 0 Å². The van der Waals surface area contributed by atoms with Crippen molar-refractivity contribution in [1.82, 2.24) is 10.6 Å². The van der Waals surface area contributed by atoms with Gasteiger partial charge in [0.2, 0.25) is 0 Å². The second-order valence-corrected chi connectivity index (χ2v) is 7.78. The van der Waals surface area contributed by atoms with Crippen LogP contribution in [0.2, 0.25) is 0 Å². The number of nitrogens with one attached hydrogen (secondary N) is 2. The maximum absolute atomic E-state index is 3.94. The molecule has 0 spiro atoms. The molecule has 2 aliphatic carbocycles. The van der Waals surface area contributed by atoms with E-state index in [2.05, 4.69) is 31.4 Å². The SMILES string of the molecule is CC1(C)C2CCC1(C)C(NCC1CCCNC1)C2. The molecule has 0 radical (unpaired) electrons. The van der Waals surface area contributed by atoms with Crippen LogP contribution in [0.3, 0.4) is 0 Å². The molecule has 4 unspecified atom stereocenters. The van der Waals surface area contributed by atoms with E-state index in [4.69, 9.17) is 0 Å². The van der Waals surface area contributed by atoms with Crippen molar-refractivity contribution in [2.75, 3.05) is 19.6 Å². The average molecular weight is 250 g/mol. The van der Waals surface area contributed by atoms with Gasteiger partial charge in [0.15, 0.2) is 0 Å². The van der Waals surface area contributed by atoms with Crippen LogP contribution in [-0.2, 0) is 0 Å². The van der Waals surface area contributed by atoms with Crippen LogP contribution in [0.1, 0.15) is 52.9 Å². The van der Waals surface area contributed by atoms with Gasteiger partial charge in [-0.15, -0.1) is 0 Å². The first kappa shape index (κ1) is 12.9. The molecule has 1 heterocycles. The Morgan fingerprint density at radius 3 is 2.61 bits per heavy atom. The monoisotopic (exact) mass is 250 g/mol. The molecule has 2 heteroatoms. The van der Waals surface area contributed by atoms with E-state index < -0.39 is 0 Å². The first-order valence-electron chi connectivity index (χ1n) is 7.98. The largest absolute Gasteiger partial charge is 0.316 e. The summed E-state index contributed by atoms with van der Waals surface area (Å²) in [7, 11) is 0. The topological polar surface area (TPSA) is 24.1 Å². The number of hydrogen-bond acceptors (Lipinski definition) is 2. The molecule has 4 atom stereocenters. The maximum Gasteiger partial charge on any atom is 0.0129 e. The van der Waals surface area contributed by atoms with Crippen molar-refractivity contribution in [2.24, 2.45) is 22.7 Å². The smallest absolute Gasteiger partial charge is 0.0129 e. The molecule has 3 rings (SSSR count). The van der Waals surface area contributed by atoms with Crippen molar-refractivity contribution in [2.45, 2.75) is 58.9 Å². The predicted octanol–water partition coefficient (Wildman–Crippen LogP) is 2.79. The van der Waals surface area contributed by atoms with Crippen LogP contribution >= 0.6 is 0 Å². The highest BCUT2D eigenvalue weighted by atomic mass is 15.0. The molecule has 0 aromatic rings. The van der Waals surface area contributed by atoms with E-state index in [0.717, 1.165) is 17.9 Å². The third-order valence-corrected chi connectivity index (χ3v) is 6.85. The molecule has 104 valence electrons. The number of rotatable bonds is 3. The van der Waals surface area contributed by atoms with Crippen molar-refractivity contribution in [3.8, 4) is 0 Å². The molecule has 2 bridgehead atoms. The zero-order valence-electron chi connectivity index (χ0n) is 12.4. The quantitative estimate of drug-likeness (QED) is 0.805. The van der Waals surface area contributed by atoms with Crippen molar-refractivity contribution >= 4 is 0 Å². The summed E-state index contributed by atoms with van der Waals surface area (Å²) >= 11 is 0. The lowest BCUT2D eigenvalue weighted by Gasteiger charge is -2.40. The third-order valence-electron chi connectivity index (χ3n) is 6.85. The Morgan fingerprint density at radius 1 is 1.22 bits per heavy atom. The minimum Gasteiger partial charge on any atom is -0.316 e. The van der Waals surface area contributed by atoms with Gasteiger partial charge in [0.05, 0.1) is 0 Å². The van der Waals surface area contributed by atoms with Gasteiger partial charge in [0, 0.05) is 6.04 Å². The summed E-state index contributed by atoms with van der Waals surface area (Å²) in [6, 6.07) is 0.771. The average Bonchev–Trinajstić information content (AvgIpc) is 2.70. The van der Waals surface area contributed by atoms with Gasteiger partial charge in [-0.05, 0) is 74.4 Å². The first-order chi connectivity index (χ1) is 8.54. The molecular weight excluding hydrogens is 220 g/mol. The Hall–Kier alpha value is -0.0800.